The highest BCUT2D eigenvalue weighted by atomic mass is 16.5. The average Bonchev–Trinajstić information content (AvgIpc) is 3.25. The molecule has 0 aliphatic heterocycles. The zero-order valence-electron chi connectivity index (χ0n) is 17.5. The summed E-state index contributed by atoms with van der Waals surface area (Å²) >= 11 is 0. The quantitative estimate of drug-likeness (QED) is 0.328. The number of carboxylic acid groups (broad SMARTS) is 1. The summed E-state index contributed by atoms with van der Waals surface area (Å²) < 4.78 is 22.9. The van der Waals surface area contributed by atoms with Crippen LogP contribution in [0.5, 0.6) is 5.75 Å². The fourth-order valence-electron chi connectivity index (χ4n) is 3.50. The summed E-state index contributed by atoms with van der Waals surface area (Å²) in [5, 5.41) is 9.65. The Bertz CT molecular complexity index is 1100. The number of benzene rings is 3. The zero-order chi connectivity index (χ0) is 22.2. The molecule has 0 unspecified atom stereocenters. The number of para-hydroxylation sites is 1. The molecule has 32 heavy (non-hydrogen) atoms. The molecule has 1 heterocycles. The van der Waals surface area contributed by atoms with Crippen molar-refractivity contribution in [2.75, 3.05) is 19.8 Å². The topological polar surface area (TPSA) is 78.1 Å². The Kier molecular flexibility index (Phi) is 7.17. The Morgan fingerprint density at radius 3 is 2.22 bits per heavy atom. The third-order valence-electron chi connectivity index (χ3n) is 4.97. The summed E-state index contributed by atoms with van der Waals surface area (Å²) in [5.41, 5.74) is 3.56. The molecule has 6 nitrogen and oxygen atoms in total. The van der Waals surface area contributed by atoms with E-state index in [1.165, 1.54) is 0 Å². The first-order chi connectivity index (χ1) is 15.7. The van der Waals surface area contributed by atoms with Crippen LogP contribution in [0, 0.1) is 0 Å². The molecule has 0 atom stereocenters. The molecule has 1 N–H and O–H groups in total. The Hall–Kier alpha value is -3.61. The van der Waals surface area contributed by atoms with Crippen LogP contribution in [-0.4, -0.2) is 30.9 Å². The molecule has 0 fully saturated rings. The van der Waals surface area contributed by atoms with Crippen LogP contribution in [0.3, 0.4) is 0 Å². The lowest BCUT2D eigenvalue weighted by atomic mass is 10.0. The fourth-order valence-corrected chi connectivity index (χ4v) is 3.50. The van der Waals surface area contributed by atoms with Crippen LogP contribution in [0.25, 0.3) is 11.0 Å². The fraction of sp³-hybridized carbons (Fsp3) is 0.192. The molecule has 0 aliphatic carbocycles. The Balaban J connectivity index is 1.34. The van der Waals surface area contributed by atoms with Crippen molar-refractivity contribution in [3.8, 4) is 5.75 Å². The molecule has 0 aliphatic rings. The van der Waals surface area contributed by atoms with Crippen LogP contribution >= 0.6 is 0 Å². The van der Waals surface area contributed by atoms with E-state index < -0.39 is 12.6 Å². The van der Waals surface area contributed by atoms with Gasteiger partial charge in [0.05, 0.1) is 26.1 Å². The van der Waals surface area contributed by atoms with Gasteiger partial charge in [0.2, 0.25) is 0 Å². The second-order valence-electron chi connectivity index (χ2n) is 7.20. The van der Waals surface area contributed by atoms with E-state index in [0.29, 0.717) is 31.2 Å². The van der Waals surface area contributed by atoms with E-state index in [4.69, 9.17) is 23.7 Å². The van der Waals surface area contributed by atoms with Crippen molar-refractivity contribution in [1.29, 1.82) is 0 Å². The highest BCUT2D eigenvalue weighted by molar-refractivity contribution is 5.86. The first-order valence-corrected chi connectivity index (χ1v) is 10.4. The van der Waals surface area contributed by atoms with Crippen molar-refractivity contribution in [1.82, 2.24) is 0 Å². The molecular weight excluding hydrogens is 408 g/mol. The number of fused-ring (bicyclic) bond motifs is 1. The van der Waals surface area contributed by atoms with Crippen LogP contribution in [0.2, 0.25) is 0 Å². The molecule has 4 rings (SSSR count). The first-order valence-electron chi connectivity index (χ1n) is 10.4. The second-order valence-corrected chi connectivity index (χ2v) is 7.20. The summed E-state index contributed by atoms with van der Waals surface area (Å²) in [4.78, 5) is 10.8. The van der Waals surface area contributed by atoms with Crippen molar-refractivity contribution in [3.05, 3.63) is 102 Å². The van der Waals surface area contributed by atoms with Gasteiger partial charge in [0, 0.05) is 10.9 Å². The van der Waals surface area contributed by atoms with Crippen molar-refractivity contribution in [3.63, 3.8) is 0 Å². The lowest BCUT2D eigenvalue weighted by Crippen LogP contribution is -2.11. The highest BCUT2D eigenvalue weighted by Gasteiger charge is 2.15. The molecule has 3 aromatic carbocycles. The van der Waals surface area contributed by atoms with E-state index in [1.54, 1.807) is 18.4 Å². The maximum absolute atomic E-state index is 10.8. The Morgan fingerprint density at radius 2 is 1.56 bits per heavy atom. The first kappa shape index (κ1) is 21.6. The molecule has 0 saturated carbocycles. The van der Waals surface area contributed by atoms with Crippen LogP contribution in [0.15, 0.2) is 89.5 Å². The predicted molar refractivity (Wildman–Crippen MR) is 120 cm³/mol. The summed E-state index contributed by atoms with van der Waals surface area (Å²) in [7, 11) is 0. The molecular formula is C26H24O6. The molecule has 4 aromatic rings. The van der Waals surface area contributed by atoms with E-state index in [9.17, 15) is 4.79 Å². The lowest BCUT2D eigenvalue weighted by molar-refractivity contribution is -0.139. The number of carbonyl (C=O) groups is 1. The molecule has 0 spiro atoms. The van der Waals surface area contributed by atoms with Crippen molar-refractivity contribution < 1.29 is 28.5 Å². The average molecular weight is 432 g/mol. The molecule has 6 heteroatoms. The number of carboxylic acids is 1. The second kappa shape index (κ2) is 10.6. The van der Waals surface area contributed by atoms with Gasteiger partial charge in [0.1, 0.15) is 6.10 Å². The maximum Gasteiger partial charge on any atom is 0.341 e. The highest BCUT2D eigenvalue weighted by Crippen LogP contribution is 2.30. The summed E-state index contributed by atoms with van der Waals surface area (Å²) in [6, 6.07) is 25.6. The van der Waals surface area contributed by atoms with Crippen molar-refractivity contribution >= 4 is 16.9 Å². The van der Waals surface area contributed by atoms with Crippen LogP contribution in [0.1, 0.15) is 22.8 Å². The van der Waals surface area contributed by atoms with Gasteiger partial charge in [-0.05, 0) is 17.2 Å². The number of hydrogen-bond acceptors (Lipinski definition) is 5. The van der Waals surface area contributed by atoms with E-state index in [1.807, 2.05) is 42.5 Å². The van der Waals surface area contributed by atoms with Gasteiger partial charge in [-0.15, -0.1) is 0 Å². The van der Waals surface area contributed by atoms with Crippen LogP contribution in [-0.2, 0) is 20.9 Å². The molecule has 1 aromatic heterocycles. The number of aliphatic carboxylic acids is 1. The monoisotopic (exact) mass is 432 g/mol. The van der Waals surface area contributed by atoms with Gasteiger partial charge < -0.3 is 23.7 Å². The standard InChI is InChI=1S/C26H24O6/c27-24(28)18-31-23-13-7-12-22-21(17-32-26(22)23)16-29-14-15-30-25(19-8-3-1-4-9-19)20-10-5-2-6-11-20/h1-13,17,25H,14-16,18H2,(H,27,28). The molecule has 0 bridgehead atoms. The Morgan fingerprint density at radius 1 is 0.875 bits per heavy atom. The van der Waals surface area contributed by atoms with E-state index >= 15 is 0 Å². The lowest BCUT2D eigenvalue weighted by Gasteiger charge is -2.19. The zero-order valence-corrected chi connectivity index (χ0v) is 17.5. The van der Waals surface area contributed by atoms with Gasteiger partial charge in [0.25, 0.3) is 0 Å². The van der Waals surface area contributed by atoms with Gasteiger partial charge in [-0.25, -0.2) is 4.79 Å². The number of rotatable bonds is 11. The number of ether oxygens (including phenoxy) is 3. The molecule has 0 radical (unpaired) electrons. The van der Waals surface area contributed by atoms with Gasteiger partial charge in [0.15, 0.2) is 17.9 Å². The minimum atomic E-state index is -1.04. The minimum absolute atomic E-state index is 0.162. The SMILES string of the molecule is O=C(O)COc1cccc2c(COCCOC(c3ccccc3)c3ccccc3)coc12. The van der Waals surface area contributed by atoms with E-state index in [-0.39, 0.29) is 6.10 Å². The normalized spacial score (nSPS) is 11.2. The van der Waals surface area contributed by atoms with Gasteiger partial charge in [-0.3, -0.25) is 0 Å². The summed E-state index contributed by atoms with van der Waals surface area (Å²) in [5.74, 6) is -0.644. The minimum Gasteiger partial charge on any atom is -0.479 e. The van der Waals surface area contributed by atoms with Crippen molar-refractivity contribution in [2.24, 2.45) is 0 Å². The summed E-state index contributed by atoms with van der Waals surface area (Å²) in [6.45, 7) is 0.766. The predicted octanol–water partition coefficient (Wildman–Crippen LogP) is 5.22. The third kappa shape index (κ3) is 5.35. The Labute approximate surface area is 186 Å². The molecule has 164 valence electrons. The summed E-state index contributed by atoms with van der Waals surface area (Å²) in [6.07, 6.45) is 1.44. The molecule has 0 amide bonds. The van der Waals surface area contributed by atoms with Crippen LogP contribution < -0.4 is 4.74 Å². The van der Waals surface area contributed by atoms with Crippen molar-refractivity contribution in [2.45, 2.75) is 12.7 Å². The maximum atomic E-state index is 10.8. The smallest absolute Gasteiger partial charge is 0.341 e. The van der Waals surface area contributed by atoms with E-state index in [0.717, 1.165) is 22.1 Å². The molecule has 0 saturated heterocycles. The van der Waals surface area contributed by atoms with Gasteiger partial charge >= 0.3 is 5.97 Å². The number of hydrogen-bond donors (Lipinski definition) is 1. The largest absolute Gasteiger partial charge is 0.479 e. The van der Waals surface area contributed by atoms with E-state index in [2.05, 4.69) is 24.3 Å². The third-order valence-corrected chi connectivity index (χ3v) is 4.97. The van der Waals surface area contributed by atoms with Gasteiger partial charge in [-0.1, -0.05) is 72.8 Å². The van der Waals surface area contributed by atoms with Crippen LogP contribution in [0.4, 0.5) is 0 Å². The van der Waals surface area contributed by atoms with Gasteiger partial charge in [-0.2, -0.15) is 0 Å². The number of furan rings is 1.